The molecule has 1 aromatic rings. The van der Waals surface area contributed by atoms with Crippen molar-refractivity contribution in [2.24, 2.45) is 0 Å². The second-order valence-corrected chi connectivity index (χ2v) is 6.31. The maximum absolute atomic E-state index is 11.2. The summed E-state index contributed by atoms with van der Waals surface area (Å²) in [7, 11) is 0. The lowest BCUT2D eigenvalue weighted by molar-refractivity contribution is -0.142. The first-order valence-electron chi connectivity index (χ1n) is 4.76. The normalized spacial score (nSPS) is 21.8. The Morgan fingerprint density at radius 1 is 1.28 bits per heavy atom. The highest BCUT2D eigenvalue weighted by Crippen LogP contribution is 2.49. The van der Waals surface area contributed by atoms with Gasteiger partial charge in [0.1, 0.15) is 0 Å². The summed E-state index contributed by atoms with van der Waals surface area (Å²) in [5.41, 5.74) is 0. The average Bonchev–Trinajstić information content (AvgIpc) is 2.54. The number of rotatable bonds is 1. The monoisotopic (exact) mass is 329 g/mol. The number of hydrogen-bond donors (Lipinski definition) is 1. The van der Waals surface area contributed by atoms with Crippen LogP contribution < -0.4 is 14.8 Å². The minimum Gasteiger partial charge on any atom is -0.428 e. The maximum atomic E-state index is 11.2. The van der Waals surface area contributed by atoms with Crippen LogP contribution in [0.1, 0.15) is 6.92 Å². The minimum atomic E-state index is -2.02. The summed E-state index contributed by atoms with van der Waals surface area (Å²) >= 11 is 23.2. The fraction of sp³-hybridized carbons (Fsp3) is 0.300. The van der Waals surface area contributed by atoms with Gasteiger partial charge in [-0.3, -0.25) is 10.1 Å². The van der Waals surface area contributed by atoms with Gasteiger partial charge in [0.2, 0.25) is 5.91 Å². The zero-order valence-electron chi connectivity index (χ0n) is 8.97. The molecule has 0 saturated carbocycles. The van der Waals surface area contributed by atoms with Gasteiger partial charge >= 0.3 is 5.91 Å². The molecule has 0 saturated heterocycles. The number of carbonyl (C=O) groups is 1. The van der Waals surface area contributed by atoms with Crippen molar-refractivity contribution < 1.29 is 14.3 Å². The molecule has 1 amide bonds. The van der Waals surface area contributed by atoms with Crippen molar-refractivity contribution >= 4 is 52.3 Å². The molecule has 0 fully saturated rings. The zero-order valence-corrected chi connectivity index (χ0v) is 12.0. The molecule has 18 heavy (non-hydrogen) atoms. The Morgan fingerprint density at radius 2 is 1.89 bits per heavy atom. The summed E-state index contributed by atoms with van der Waals surface area (Å²) < 4.78 is 8.81. The zero-order chi connectivity index (χ0) is 13.6. The predicted octanol–water partition coefficient (Wildman–Crippen LogP) is 3.27. The smallest absolute Gasteiger partial charge is 0.388 e. The molecule has 2 rings (SSSR count). The van der Waals surface area contributed by atoms with Crippen LogP contribution in [-0.2, 0) is 4.79 Å². The summed E-state index contributed by atoms with van der Waals surface area (Å²) in [6, 6.07) is 4.64. The quantitative estimate of drug-likeness (QED) is 0.804. The first kappa shape index (κ1) is 13.9. The largest absolute Gasteiger partial charge is 0.428 e. The van der Waals surface area contributed by atoms with Crippen LogP contribution in [0.4, 0.5) is 0 Å². The standard InChI is InChI=1S/C10H7Cl4NO3/c1-5(16)15-10(9(12,13)14)17-7-3-2-6(11)4-8(7)18-10/h2-4H,1H3,(H,15,16)/t10-/m1/s1. The molecule has 8 heteroatoms. The number of carbonyl (C=O) groups excluding carboxylic acids is 1. The van der Waals surface area contributed by atoms with Gasteiger partial charge in [0.25, 0.3) is 3.79 Å². The lowest BCUT2D eigenvalue weighted by Gasteiger charge is -2.33. The SMILES string of the molecule is CC(=O)N[C@]1(C(Cl)(Cl)Cl)Oc2ccc(Cl)cc2O1. The number of nitrogens with one attached hydrogen (secondary N) is 1. The van der Waals surface area contributed by atoms with Gasteiger partial charge in [-0.15, -0.1) is 0 Å². The van der Waals surface area contributed by atoms with E-state index in [1.165, 1.54) is 13.0 Å². The summed E-state index contributed by atoms with van der Waals surface area (Å²) in [5, 5.41) is 2.77. The molecule has 1 aliphatic heterocycles. The molecule has 4 nitrogen and oxygen atoms in total. The molecule has 98 valence electrons. The third-order valence-corrected chi connectivity index (χ3v) is 3.11. The highest BCUT2D eigenvalue weighted by molar-refractivity contribution is 6.68. The molecular formula is C10H7Cl4NO3. The first-order chi connectivity index (χ1) is 8.23. The maximum Gasteiger partial charge on any atom is 0.388 e. The van der Waals surface area contributed by atoms with Gasteiger partial charge in [0.05, 0.1) is 0 Å². The number of halogens is 4. The Kier molecular flexibility index (Phi) is 3.49. The van der Waals surface area contributed by atoms with Gasteiger partial charge in [-0.1, -0.05) is 46.4 Å². The number of hydrogen-bond acceptors (Lipinski definition) is 3. The molecule has 0 aromatic heterocycles. The minimum absolute atomic E-state index is 0.280. The van der Waals surface area contributed by atoms with E-state index < -0.39 is 15.6 Å². The lowest BCUT2D eigenvalue weighted by Crippen LogP contribution is -2.63. The van der Waals surface area contributed by atoms with Gasteiger partial charge in [0, 0.05) is 18.0 Å². The van der Waals surface area contributed by atoms with Crippen LogP contribution in [0.3, 0.4) is 0 Å². The Bertz CT molecular complexity index is 502. The van der Waals surface area contributed by atoms with Crippen molar-refractivity contribution in [3.8, 4) is 11.5 Å². The molecule has 0 spiro atoms. The van der Waals surface area contributed by atoms with Crippen LogP contribution in [0.2, 0.25) is 5.02 Å². The number of ether oxygens (including phenoxy) is 2. The molecule has 0 aliphatic carbocycles. The van der Waals surface area contributed by atoms with Crippen molar-refractivity contribution in [1.29, 1.82) is 0 Å². The average molecular weight is 331 g/mol. The molecule has 0 bridgehead atoms. The molecule has 1 N–H and O–H groups in total. The van der Waals surface area contributed by atoms with Gasteiger partial charge in [0.15, 0.2) is 11.5 Å². The molecule has 1 atom stereocenters. The van der Waals surface area contributed by atoms with E-state index in [9.17, 15) is 4.79 Å². The molecular weight excluding hydrogens is 324 g/mol. The molecule has 1 heterocycles. The second-order valence-electron chi connectivity index (χ2n) is 3.59. The topological polar surface area (TPSA) is 47.6 Å². The molecule has 1 aromatic carbocycles. The van der Waals surface area contributed by atoms with Crippen molar-refractivity contribution in [2.45, 2.75) is 16.6 Å². The van der Waals surface area contributed by atoms with Crippen molar-refractivity contribution in [3.05, 3.63) is 23.2 Å². The number of amides is 1. The van der Waals surface area contributed by atoms with Crippen LogP contribution in [0.25, 0.3) is 0 Å². The van der Waals surface area contributed by atoms with Crippen molar-refractivity contribution in [3.63, 3.8) is 0 Å². The van der Waals surface area contributed by atoms with E-state index in [2.05, 4.69) is 5.32 Å². The third-order valence-electron chi connectivity index (χ3n) is 2.13. The molecule has 1 aliphatic rings. The van der Waals surface area contributed by atoms with Crippen LogP contribution >= 0.6 is 46.4 Å². The van der Waals surface area contributed by atoms with E-state index in [0.29, 0.717) is 10.8 Å². The Hall–Kier alpha value is -0.550. The highest BCUT2D eigenvalue weighted by Gasteiger charge is 2.59. The van der Waals surface area contributed by atoms with Gasteiger partial charge < -0.3 is 9.47 Å². The van der Waals surface area contributed by atoms with E-state index in [0.717, 1.165) is 0 Å². The van der Waals surface area contributed by atoms with Crippen molar-refractivity contribution in [2.75, 3.05) is 0 Å². The van der Waals surface area contributed by atoms with E-state index in [4.69, 9.17) is 55.9 Å². The Balaban J connectivity index is 2.40. The van der Waals surface area contributed by atoms with Gasteiger partial charge in [-0.05, 0) is 12.1 Å². The van der Waals surface area contributed by atoms with Crippen LogP contribution in [-0.4, -0.2) is 15.6 Å². The molecule has 0 unspecified atom stereocenters. The number of benzene rings is 1. The summed E-state index contributed by atoms with van der Waals surface area (Å²) in [5.74, 6) is -1.78. The predicted molar refractivity (Wildman–Crippen MR) is 69.5 cm³/mol. The van der Waals surface area contributed by atoms with E-state index in [1.54, 1.807) is 12.1 Å². The fourth-order valence-corrected chi connectivity index (χ4v) is 1.98. The lowest BCUT2D eigenvalue weighted by atomic mass is 10.3. The summed E-state index contributed by atoms with van der Waals surface area (Å²) in [6.45, 7) is 1.25. The Labute approximate surface area is 123 Å². The second kappa shape index (κ2) is 4.53. The highest BCUT2D eigenvalue weighted by atomic mass is 35.6. The summed E-state index contributed by atoms with van der Waals surface area (Å²) in [4.78, 5) is 11.2. The van der Waals surface area contributed by atoms with Gasteiger partial charge in [-0.25, -0.2) is 0 Å². The van der Waals surface area contributed by atoms with Crippen LogP contribution in [0.5, 0.6) is 11.5 Å². The first-order valence-corrected chi connectivity index (χ1v) is 6.28. The number of fused-ring (bicyclic) bond motifs is 1. The van der Waals surface area contributed by atoms with E-state index >= 15 is 0 Å². The number of alkyl halides is 3. The Morgan fingerprint density at radius 3 is 2.44 bits per heavy atom. The fourth-order valence-electron chi connectivity index (χ4n) is 1.45. The van der Waals surface area contributed by atoms with Crippen molar-refractivity contribution in [1.82, 2.24) is 5.32 Å². The molecule has 0 radical (unpaired) electrons. The van der Waals surface area contributed by atoms with Gasteiger partial charge in [-0.2, -0.15) is 0 Å². The third kappa shape index (κ3) is 2.43. The van der Waals surface area contributed by atoms with E-state index in [1.807, 2.05) is 0 Å². The van der Waals surface area contributed by atoms with E-state index in [-0.39, 0.29) is 5.75 Å². The summed E-state index contributed by atoms with van der Waals surface area (Å²) in [6.07, 6.45) is 0. The van der Waals surface area contributed by atoms with Crippen LogP contribution in [0.15, 0.2) is 18.2 Å². The van der Waals surface area contributed by atoms with Crippen LogP contribution in [0, 0.1) is 0 Å².